The molecule has 23 heteroatoms. The fourth-order valence-corrected chi connectivity index (χ4v) is 6.24. The Morgan fingerprint density at radius 1 is 0.510 bits per heavy atom. The molecule has 0 aromatic rings. The summed E-state index contributed by atoms with van der Waals surface area (Å²) < 4.78 is 39.1. The summed E-state index contributed by atoms with van der Waals surface area (Å²) in [5, 5.41) is 129. The van der Waals surface area contributed by atoms with Gasteiger partial charge in [0, 0.05) is 13.8 Å². The van der Waals surface area contributed by atoms with Crippen LogP contribution in [0.25, 0.3) is 0 Å². The molecule has 0 unspecified atom stereocenters. The SMILES string of the molecule is CC(=O)N[C@@H]1[C@@H](O[C@@H]2O[C@H](CO)[C@H](O)[C@H](O)[C@H]2O)[C@@H](O)[C@@H](CO[C@@H]2O[C@H](CO)[C@@H](O)[C@H](O[C@@H]3O[C@H](CO)[C@H](O)[C@H](O)[C@H]3O)[C@H]2NC(C)=O)O[C@@H]1O. The van der Waals surface area contributed by atoms with Gasteiger partial charge in [-0.1, -0.05) is 0 Å². The zero-order chi connectivity index (χ0) is 37.9. The first-order valence-electron chi connectivity index (χ1n) is 16.1. The monoisotopic (exact) mass is 748 g/mol. The second-order valence-electron chi connectivity index (χ2n) is 12.7. The van der Waals surface area contributed by atoms with Crippen molar-refractivity contribution in [3.8, 4) is 0 Å². The van der Waals surface area contributed by atoms with Gasteiger partial charge in [-0.15, -0.1) is 0 Å². The first-order valence-corrected chi connectivity index (χ1v) is 16.1. The highest BCUT2D eigenvalue weighted by Gasteiger charge is 2.54. The summed E-state index contributed by atoms with van der Waals surface area (Å²) in [5.74, 6) is -1.43. The van der Waals surface area contributed by atoms with Crippen LogP contribution in [0.2, 0.25) is 0 Å². The smallest absolute Gasteiger partial charge is 0.217 e. The summed E-state index contributed by atoms with van der Waals surface area (Å²) >= 11 is 0. The fraction of sp³-hybridized carbons (Fsp3) is 0.929. The molecule has 4 heterocycles. The van der Waals surface area contributed by atoms with Gasteiger partial charge in [0.2, 0.25) is 11.8 Å². The molecule has 0 radical (unpaired) electrons. The van der Waals surface area contributed by atoms with Crippen LogP contribution < -0.4 is 10.6 Å². The molecule has 0 saturated carbocycles. The number of amides is 2. The van der Waals surface area contributed by atoms with Crippen LogP contribution in [-0.4, -0.2) is 222 Å². The molecule has 296 valence electrons. The maximum absolute atomic E-state index is 12.3. The molecule has 23 nitrogen and oxygen atoms in total. The van der Waals surface area contributed by atoms with Crippen molar-refractivity contribution in [2.45, 2.75) is 137 Å². The summed E-state index contributed by atoms with van der Waals surface area (Å²) in [6, 6.07) is -3.02. The highest BCUT2D eigenvalue weighted by molar-refractivity contribution is 5.73. The highest BCUT2D eigenvalue weighted by Crippen LogP contribution is 2.32. The molecule has 0 bridgehead atoms. The number of hydrogen-bond donors (Lipinski definition) is 14. The molecule has 4 fully saturated rings. The van der Waals surface area contributed by atoms with E-state index in [1.807, 2.05) is 0 Å². The quantitative estimate of drug-likeness (QED) is 0.0881. The van der Waals surface area contributed by atoms with Crippen molar-refractivity contribution in [2.24, 2.45) is 0 Å². The predicted octanol–water partition coefficient (Wildman–Crippen LogP) is -9.46. The van der Waals surface area contributed by atoms with E-state index in [0.717, 1.165) is 13.8 Å². The Hall–Kier alpha value is -1.82. The number of nitrogens with one attached hydrogen (secondary N) is 2. The topological polar surface area (TPSA) is 366 Å². The molecule has 4 aliphatic heterocycles. The Balaban J connectivity index is 1.55. The number of carbonyl (C=O) groups excluding carboxylic acids is 2. The first-order chi connectivity index (χ1) is 24.0. The number of ether oxygens (including phenoxy) is 7. The van der Waals surface area contributed by atoms with Crippen molar-refractivity contribution in [3.63, 3.8) is 0 Å². The first kappa shape index (κ1) is 41.9. The molecular weight excluding hydrogens is 700 g/mol. The Morgan fingerprint density at radius 2 is 0.902 bits per heavy atom. The maximum Gasteiger partial charge on any atom is 0.217 e. The average molecular weight is 749 g/mol. The van der Waals surface area contributed by atoms with Crippen molar-refractivity contribution < 1.29 is 104 Å². The van der Waals surface area contributed by atoms with Crippen LogP contribution >= 0.6 is 0 Å². The van der Waals surface area contributed by atoms with E-state index in [2.05, 4.69) is 10.6 Å². The van der Waals surface area contributed by atoms with Gasteiger partial charge in [-0.2, -0.15) is 0 Å². The van der Waals surface area contributed by atoms with Crippen molar-refractivity contribution in [1.82, 2.24) is 10.6 Å². The van der Waals surface area contributed by atoms with Gasteiger partial charge in [-0.25, -0.2) is 0 Å². The van der Waals surface area contributed by atoms with E-state index in [1.165, 1.54) is 0 Å². The molecule has 2 amide bonds. The summed E-state index contributed by atoms with van der Waals surface area (Å²) in [5.41, 5.74) is 0. The standard InChI is InChI=1S/C28H48N2O21/c1-7(34)29-13-23(50-27-21(42)19(40)15(36)9(3-31)48-27)18(39)12(46-25(13)44)6-45-26-14(30-8(2)35)24(17(38)11(5-33)47-26)51-28-22(43)20(41)16(37)10(4-32)49-28/h9-28,31-33,36-44H,3-6H2,1-2H3,(H,29,34)(H,30,35)/t9-,10-,11-,12-,13-,14-,15+,16+,17-,18+,19+,20+,21-,22-,23-,24-,25+,26-,27+,28+/m1/s1. The van der Waals surface area contributed by atoms with E-state index in [9.17, 15) is 70.9 Å². The second kappa shape index (κ2) is 18.0. The zero-order valence-electron chi connectivity index (χ0n) is 27.4. The van der Waals surface area contributed by atoms with Crippen LogP contribution in [-0.2, 0) is 42.7 Å². The lowest BCUT2D eigenvalue weighted by molar-refractivity contribution is -0.354. The van der Waals surface area contributed by atoms with Crippen LogP contribution in [0.4, 0.5) is 0 Å². The number of carbonyl (C=O) groups is 2. The molecular formula is C28H48N2O21. The van der Waals surface area contributed by atoms with Crippen molar-refractivity contribution in [2.75, 3.05) is 26.4 Å². The Labute approximate surface area is 289 Å². The largest absolute Gasteiger partial charge is 0.394 e. The number of aliphatic hydroxyl groups is 12. The summed E-state index contributed by atoms with van der Waals surface area (Å²) in [4.78, 5) is 24.2. The third-order valence-corrected chi connectivity index (χ3v) is 8.99. The molecule has 0 aromatic carbocycles. The normalized spacial score (nSPS) is 47.8. The molecule has 51 heavy (non-hydrogen) atoms. The van der Waals surface area contributed by atoms with E-state index < -0.39 is 161 Å². The number of hydrogen-bond acceptors (Lipinski definition) is 21. The number of rotatable bonds is 12. The minimum Gasteiger partial charge on any atom is -0.394 e. The van der Waals surface area contributed by atoms with Gasteiger partial charge in [-0.05, 0) is 0 Å². The lowest BCUT2D eigenvalue weighted by Crippen LogP contribution is -2.69. The van der Waals surface area contributed by atoms with Crippen LogP contribution in [0.15, 0.2) is 0 Å². The van der Waals surface area contributed by atoms with Gasteiger partial charge in [0.15, 0.2) is 25.2 Å². The van der Waals surface area contributed by atoms with Gasteiger partial charge < -0.3 is 105 Å². The zero-order valence-corrected chi connectivity index (χ0v) is 27.4. The van der Waals surface area contributed by atoms with E-state index in [4.69, 9.17) is 33.2 Å². The minimum atomic E-state index is -1.93. The van der Waals surface area contributed by atoms with E-state index in [1.54, 1.807) is 0 Å². The van der Waals surface area contributed by atoms with Gasteiger partial charge in [0.05, 0.1) is 26.4 Å². The molecule has 0 spiro atoms. The molecule has 0 aliphatic carbocycles. The highest BCUT2D eigenvalue weighted by atomic mass is 16.7. The second-order valence-corrected chi connectivity index (χ2v) is 12.7. The van der Waals surface area contributed by atoms with E-state index in [0.29, 0.717) is 0 Å². The molecule has 14 N–H and O–H groups in total. The Morgan fingerprint density at radius 3 is 1.35 bits per heavy atom. The van der Waals surface area contributed by atoms with Gasteiger partial charge in [0.25, 0.3) is 0 Å². The molecule has 20 atom stereocenters. The van der Waals surface area contributed by atoms with Crippen molar-refractivity contribution in [1.29, 1.82) is 0 Å². The van der Waals surface area contributed by atoms with Crippen LogP contribution in [0.1, 0.15) is 13.8 Å². The number of aliphatic hydroxyl groups excluding tert-OH is 12. The maximum atomic E-state index is 12.3. The van der Waals surface area contributed by atoms with E-state index in [-0.39, 0.29) is 0 Å². The predicted molar refractivity (Wildman–Crippen MR) is 157 cm³/mol. The average Bonchev–Trinajstić information content (AvgIpc) is 3.08. The van der Waals surface area contributed by atoms with Crippen molar-refractivity contribution >= 4 is 11.8 Å². The van der Waals surface area contributed by atoms with Gasteiger partial charge >= 0.3 is 0 Å². The minimum absolute atomic E-state index is 0.709. The van der Waals surface area contributed by atoms with Gasteiger partial charge in [-0.3, -0.25) is 9.59 Å². The molecule has 0 aromatic heterocycles. The van der Waals surface area contributed by atoms with E-state index >= 15 is 0 Å². The molecule has 4 aliphatic rings. The third kappa shape index (κ3) is 9.29. The fourth-order valence-electron chi connectivity index (χ4n) is 6.24. The Bertz CT molecular complexity index is 1140. The molecule has 4 rings (SSSR count). The summed E-state index contributed by atoms with van der Waals surface area (Å²) in [6.45, 7) is -1.02. The van der Waals surface area contributed by atoms with Crippen molar-refractivity contribution in [3.05, 3.63) is 0 Å². The van der Waals surface area contributed by atoms with Crippen LogP contribution in [0, 0.1) is 0 Å². The summed E-state index contributed by atoms with van der Waals surface area (Å²) in [7, 11) is 0. The lowest BCUT2D eigenvalue weighted by Gasteiger charge is -2.48. The van der Waals surface area contributed by atoms with Gasteiger partial charge in [0.1, 0.15) is 97.5 Å². The third-order valence-electron chi connectivity index (χ3n) is 8.99. The molecule has 4 saturated heterocycles. The lowest BCUT2D eigenvalue weighted by atomic mass is 9.94. The van der Waals surface area contributed by atoms with Crippen LogP contribution in [0.3, 0.4) is 0 Å². The van der Waals surface area contributed by atoms with Crippen LogP contribution in [0.5, 0.6) is 0 Å². The Kier molecular flexibility index (Phi) is 14.8. The summed E-state index contributed by atoms with van der Waals surface area (Å²) in [6.07, 6.45) is -31.1.